The van der Waals surface area contributed by atoms with Crippen LogP contribution in [-0.2, 0) is 0 Å². The minimum Gasteiger partial charge on any atom is -0.313 e. The quantitative estimate of drug-likeness (QED) is 0.840. The maximum absolute atomic E-state index is 3.86. The molecule has 1 aliphatic heterocycles. The monoisotopic (exact) mass is 293 g/mol. The van der Waals surface area contributed by atoms with Crippen LogP contribution in [0.2, 0.25) is 0 Å². The topological polar surface area (TPSA) is 18.5 Å². The van der Waals surface area contributed by atoms with Gasteiger partial charge in [-0.25, -0.2) is 0 Å². The Balaban J connectivity index is 1.57. The Morgan fingerprint density at radius 1 is 1.00 bits per heavy atom. The summed E-state index contributed by atoms with van der Waals surface area (Å²) in [6.07, 6.45) is 9.96. The van der Waals surface area contributed by atoms with Gasteiger partial charge in [-0.05, 0) is 63.6 Å². The molecule has 1 saturated heterocycles. The van der Waals surface area contributed by atoms with E-state index in [4.69, 9.17) is 0 Å². The maximum atomic E-state index is 3.86. The van der Waals surface area contributed by atoms with Gasteiger partial charge >= 0.3 is 0 Å². The van der Waals surface area contributed by atoms with Crippen LogP contribution in [0.5, 0.6) is 0 Å². The van der Waals surface area contributed by atoms with Crippen molar-refractivity contribution < 1.29 is 0 Å². The van der Waals surface area contributed by atoms with Gasteiger partial charge in [0.1, 0.15) is 0 Å². The van der Waals surface area contributed by atoms with Crippen LogP contribution in [0.1, 0.15) is 51.9 Å². The average Bonchev–Trinajstić information content (AvgIpc) is 3.30. The molecule has 1 heterocycles. The zero-order valence-electron chi connectivity index (χ0n) is 14.2. The third-order valence-corrected chi connectivity index (χ3v) is 6.05. The molecular formula is C18H35N3. The summed E-state index contributed by atoms with van der Waals surface area (Å²) in [7, 11) is 2.27. The molecule has 0 aromatic heterocycles. The highest BCUT2D eigenvalue weighted by Gasteiger charge is 2.37. The number of nitrogens with one attached hydrogen (secondary N) is 1. The molecule has 0 radical (unpaired) electrons. The second kappa shape index (κ2) is 6.97. The molecule has 1 N–H and O–H groups in total. The zero-order valence-corrected chi connectivity index (χ0v) is 14.2. The van der Waals surface area contributed by atoms with E-state index >= 15 is 0 Å². The summed E-state index contributed by atoms with van der Waals surface area (Å²) < 4.78 is 0. The van der Waals surface area contributed by atoms with E-state index in [-0.39, 0.29) is 0 Å². The fourth-order valence-corrected chi connectivity index (χ4v) is 4.15. The predicted molar refractivity (Wildman–Crippen MR) is 89.6 cm³/mol. The van der Waals surface area contributed by atoms with E-state index in [1.54, 1.807) is 0 Å². The maximum Gasteiger partial charge on any atom is 0.0109 e. The molecule has 3 aliphatic rings. The predicted octanol–water partition coefficient (Wildman–Crippen LogP) is 2.57. The third-order valence-electron chi connectivity index (χ3n) is 6.05. The molecule has 0 amide bonds. The second-order valence-electron chi connectivity index (χ2n) is 8.27. The Kier molecular flexibility index (Phi) is 5.23. The lowest BCUT2D eigenvalue weighted by molar-refractivity contribution is 0.0879. The Morgan fingerprint density at radius 2 is 1.76 bits per heavy atom. The Hall–Kier alpha value is -0.120. The van der Waals surface area contributed by atoms with E-state index in [1.165, 1.54) is 84.2 Å². The van der Waals surface area contributed by atoms with E-state index in [2.05, 4.69) is 29.1 Å². The van der Waals surface area contributed by atoms with Gasteiger partial charge in [0.05, 0.1) is 0 Å². The van der Waals surface area contributed by atoms with Crippen LogP contribution >= 0.6 is 0 Å². The van der Waals surface area contributed by atoms with E-state index in [9.17, 15) is 0 Å². The highest BCUT2D eigenvalue weighted by molar-refractivity contribution is 4.93. The van der Waals surface area contributed by atoms with Gasteiger partial charge < -0.3 is 15.1 Å². The minimum absolute atomic E-state index is 0.567. The second-order valence-corrected chi connectivity index (χ2v) is 8.27. The van der Waals surface area contributed by atoms with Gasteiger partial charge in [-0.15, -0.1) is 0 Å². The van der Waals surface area contributed by atoms with Gasteiger partial charge in [0.25, 0.3) is 0 Å². The van der Waals surface area contributed by atoms with E-state index in [1.807, 2.05) is 0 Å². The molecule has 0 aromatic rings. The molecule has 2 saturated carbocycles. The van der Waals surface area contributed by atoms with Gasteiger partial charge in [0.15, 0.2) is 0 Å². The molecule has 3 fully saturated rings. The normalized spacial score (nSPS) is 36.6. The highest BCUT2D eigenvalue weighted by atomic mass is 15.2. The van der Waals surface area contributed by atoms with Crippen molar-refractivity contribution in [2.24, 2.45) is 11.3 Å². The fraction of sp³-hybridized carbons (Fsp3) is 1.00. The standard InChI is InChI=1S/C18H35N3/c1-16-6-8-18(9-7-16,14-19-17-4-5-17)15-21-11-3-10-20(2)12-13-21/h16-17,19H,3-15H2,1-2H3. The zero-order chi connectivity index (χ0) is 14.7. The van der Waals surface area contributed by atoms with Crippen LogP contribution in [0.25, 0.3) is 0 Å². The molecule has 3 rings (SSSR count). The summed E-state index contributed by atoms with van der Waals surface area (Å²) in [5.74, 6) is 0.953. The van der Waals surface area contributed by atoms with E-state index < -0.39 is 0 Å². The summed E-state index contributed by atoms with van der Waals surface area (Å²) in [6.45, 7) is 10.2. The molecule has 122 valence electrons. The fourth-order valence-electron chi connectivity index (χ4n) is 4.15. The summed E-state index contributed by atoms with van der Waals surface area (Å²) in [4.78, 5) is 5.27. The number of hydrogen-bond acceptors (Lipinski definition) is 3. The lowest BCUT2D eigenvalue weighted by Gasteiger charge is -2.43. The first kappa shape index (κ1) is 15.8. The molecule has 3 nitrogen and oxygen atoms in total. The van der Waals surface area contributed by atoms with Crippen LogP contribution in [0.4, 0.5) is 0 Å². The average molecular weight is 293 g/mol. The molecule has 0 atom stereocenters. The molecule has 0 unspecified atom stereocenters. The van der Waals surface area contributed by atoms with Crippen molar-refractivity contribution in [1.82, 2.24) is 15.1 Å². The van der Waals surface area contributed by atoms with Crippen molar-refractivity contribution in [3.63, 3.8) is 0 Å². The van der Waals surface area contributed by atoms with Crippen molar-refractivity contribution in [1.29, 1.82) is 0 Å². The molecule has 3 heteroatoms. The van der Waals surface area contributed by atoms with Crippen molar-refractivity contribution in [3.8, 4) is 0 Å². The lowest BCUT2D eigenvalue weighted by Crippen LogP contribution is -2.47. The summed E-state index contributed by atoms with van der Waals surface area (Å²) in [5.41, 5.74) is 0.567. The number of rotatable bonds is 5. The molecular weight excluding hydrogens is 258 g/mol. The first-order chi connectivity index (χ1) is 10.2. The number of nitrogens with zero attached hydrogens (tertiary/aromatic N) is 2. The van der Waals surface area contributed by atoms with Crippen molar-refractivity contribution >= 4 is 0 Å². The summed E-state index contributed by atoms with van der Waals surface area (Å²) in [6, 6.07) is 0.858. The summed E-state index contributed by atoms with van der Waals surface area (Å²) in [5, 5.41) is 3.86. The minimum atomic E-state index is 0.567. The molecule has 2 aliphatic carbocycles. The first-order valence-electron chi connectivity index (χ1n) is 9.30. The van der Waals surface area contributed by atoms with Crippen LogP contribution in [0, 0.1) is 11.3 Å². The van der Waals surface area contributed by atoms with Crippen molar-refractivity contribution in [2.75, 3.05) is 46.3 Å². The first-order valence-corrected chi connectivity index (χ1v) is 9.30. The highest BCUT2D eigenvalue weighted by Crippen LogP contribution is 2.40. The van der Waals surface area contributed by atoms with Crippen LogP contribution in [0.3, 0.4) is 0 Å². The van der Waals surface area contributed by atoms with Gasteiger partial charge in [-0.3, -0.25) is 0 Å². The van der Waals surface area contributed by atoms with Gasteiger partial charge in [0, 0.05) is 32.2 Å². The Morgan fingerprint density at radius 3 is 2.48 bits per heavy atom. The van der Waals surface area contributed by atoms with Gasteiger partial charge in [0.2, 0.25) is 0 Å². The van der Waals surface area contributed by atoms with Gasteiger partial charge in [-0.2, -0.15) is 0 Å². The van der Waals surface area contributed by atoms with Crippen LogP contribution in [-0.4, -0.2) is 62.2 Å². The molecule has 0 bridgehead atoms. The third kappa shape index (κ3) is 4.67. The van der Waals surface area contributed by atoms with Gasteiger partial charge in [-0.1, -0.05) is 19.8 Å². The number of likely N-dealkylation sites (N-methyl/N-ethyl adjacent to an activating group) is 1. The summed E-state index contributed by atoms with van der Waals surface area (Å²) >= 11 is 0. The molecule has 21 heavy (non-hydrogen) atoms. The van der Waals surface area contributed by atoms with Crippen LogP contribution < -0.4 is 5.32 Å². The largest absolute Gasteiger partial charge is 0.313 e. The molecule has 0 aromatic carbocycles. The van der Waals surface area contributed by atoms with E-state index in [0.29, 0.717) is 5.41 Å². The van der Waals surface area contributed by atoms with E-state index in [0.717, 1.165) is 12.0 Å². The van der Waals surface area contributed by atoms with Crippen molar-refractivity contribution in [2.45, 2.75) is 57.9 Å². The van der Waals surface area contributed by atoms with Crippen molar-refractivity contribution in [3.05, 3.63) is 0 Å². The number of hydrogen-bond donors (Lipinski definition) is 1. The Bertz CT molecular complexity index is 318. The lowest BCUT2D eigenvalue weighted by atomic mass is 9.70. The Labute approximate surface area is 131 Å². The van der Waals surface area contributed by atoms with Crippen LogP contribution in [0.15, 0.2) is 0 Å². The molecule has 0 spiro atoms. The SMILES string of the molecule is CC1CCC(CNC2CC2)(CN2CCCN(C)CC2)CC1. The smallest absolute Gasteiger partial charge is 0.0109 e.